The van der Waals surface area contributed by atoms with Gasteiger partial charge in [-0.25, -0.2) is 0 Å². The summed E-state index contributed by atoms with van der Waals surface area (Å²) in [6.07, 6.45) is 4.40. The number of para-hydroxylation sites is 1. The van der Waals surface area contributed by atoms with E-state index in [0.29, 0.717) is 11.8 Å². The average Bonchev–Trinajstić information content (AvgIpc) is 2.48. The molecular weight excluding hydrogens is 250 g/mol. The molecule has 4 heteroatoms. The van der Waals surface area contributed by atoms with Crippen molar-refractivity contribution in [2.45, 2.75) is 33.1 Å². The van der Waals surface area contributed by atoms with Crippen LogP contribution in [0.4, 0.5) is 5.82 Å². The highest BCUT2D eigenvalue weighted by Crippen LogP contribution is 2.31. The maximum Gasteiger partial charge on any atom is 0.239 e. The molecule has 0 saturated carbocycles. The van der Waals surface area contributed by atoms with Gasteiger partial charge >= 0.3 is 0 Å². The number of benzene rings is 1. The summed E-state index contributed by atoms with van der Waals surface area (Å²) in [7, 11) is 0. The Morgan fingerprint density at radius 3 is 2.75 bits per heavy atom. The van der Waals surface area contributed by atoms with Gasteiger partial charge in [0.2, 0.25) is 5.88 Å². The molecular formula is C16H21N3O. The van der Waals surface area contributed by atoms with Crippen LogP contribution in [0.2, 0.25) is 0 Å². The van der Waals surface area contributed by atoms with E-state index < -0.39 is 0 Å². The van der Waals surface area contributed by atoms with Gasteiger partial charge in [-0.1, -0.05) is 32.0 Å². The predicted molar refractivity (Wildman–Crippen MR) is 81.4 cm³/mol. The van der Waals surface area contributed by atoms with E-state index in [4.69, 9.17) is 4.74 Å². The SMILES string of the molecule is CCNc1cncc(Oc2ccccc2C(C)CC)n1. The van der Waals surface area contributed by atoms with Crippen LogP contribution in [-0.4, -0.2) is 16.5 Å². The summed E-state index contributed by atoms with van der Waals surface area (Å²) in [6.45, 7) is 7.20. The summed E-state index contributed by atoms with van der Waals surface area (Å²) in [5.74, 6) is 2.55. The number of hydrogen-bond acceptors (Lipinski definition) is 4. The third-order valence-corrected chi connectivity index (χ3v) is 3.25. The number of hydrogen-bond donors (Lipinski definition) is 1. The number of aromatic nitrogens is 2. The van der Waals surface area contributed by atoms with E-state index in [2.05, 4.69) is 35.2 Å². The molecule has 0 aliphatic rings. The smallest absolute Gasteiger partial charge is 0.239 e. The Morgan fingerprint density at radius 1 is 1.20 bits per heavy atom. The van der Waals surface area contributed by atoms with Crippen LogP contribution in [0, 0.1) is 0 Å². The summed E-state index contributed by atoms with van der Waals surface area (Å²) in [4.78, 5) is 8.53. The second-order valence-corrected chi connectivity index (χ2v) is 4.72. The highest BCUT2D eigenvalue weighted by molar-refractivity contribution is 5.39. The van der Waals surface area contributed by atoms with Crippen molar-refractivity contribution in [2.75, 3.05) is 11.9 Å². The largest absolute Gasteiger partial charge is 0.437 e. The number of ether oxygens (including phenoxy) is 1. The maximum atomic E-state index is 5.91. The molecule has 1 aromatic heterocycles. The molecule has 1 aromatic carbocycles. The maximum absolute atomic E-state index is 5.91. The zero-order valence-electron chi connectivity index (χ0n) is 12.3. The summed E-state index contributed by atoms with van der Waals surface area (Å²) in [6, 6.07) is 8.09. The first-order valence-electron chi connectivity index (χ1n) is 7.07. The molecule has 1 atom stereocenters. The molecule has 106 valence electrons. The Morgan fingerprint density at radius 2 is 2.00 bits per heavy atom. The molecule has 4 nitrogen and oxygen atoms in total. The molecule has 0 aliphatic heterocycles. The minimum atomic E-state index is 0.455. The standard InChI is InChI=1S/C16H21N3O/c1-4-12(3)13-8-6-7-9-14(13)20-16-11-17-10-15(19-16)18-5-2/h6-12H,4-5H2,1-3H3,(H,18,19). The topological polar surface area (TPSA) is 47.0 Å². The van der Waals surface area contributed by atoms with Gasteiger partial charge in [-0.2, -0.15) is 4.98 Å². The van der Waals surface area contributed by atoms with Crippen molar-refractivity contribution in [3.8, 4) is 11.6 Å². The van der Waals surface area contributed by atoms with Crippen molar-refractivity contribution < 1.29 is 4.74 Å². The van der Waals surface area contributed by atoms with E-state index >= 15 is 0 Å². The first-order chi connectivity index (χ1) is 9.74. The van der Waals surface area contributed by atoms with Gasteiger partial charge in [0.15, 0.2) is 0 Å². The lowest BCUT2D eigenvalue weighted by atomic mass is 9.98. The molecule has 0 aliphatic carbocycles. The first kappa shape index (κ1) is 14.3. The van der Waals surface area contributed by atoms with Crippen LogP contribution in [0.3, 0.4) is 0 Å². The van der Waals surface area contributed by atoms with Crippen LogP contribution in [0.1, 0.15) is 38.7 Å². The summed E-state index contributed by atoms with van der Waals surface area (Å²) >= 11 is 0. The van der Waals surface area contributed by atoms with Crippen LogP contribution in [-0.2, 0) is 0 Å². The molecule has 0 spiro atoms. The minimum Gasteiger partial charge on any atom is -0.437 e. The fraction of sp³-hybridized carbons (Fsp3) is 0.375. The number of nitrogens with one attached hydrogen (secondary N) is 1. The Hall–Kier alpha value is -2.10. The molecule has 20 heavy (non-hydrogen) atoms. The van der Waals surface area contributed by atoms with Crippen molar-refractivity contribution in [1.29, 1.82) is 0 Å². The highest BCUT2D eigenvalue weighted by atomic mass is 16.5. The van der Waals surface area contributed by atoms with Crippen molar-refractivity contribution in [1.82, 2.24) is 9.97 Å². The molecule has 1 heterocycles. The van der Waals surface area contributed by atoms with E-state index in [0.717, 1.165) is 24.5 Å². The molecule has 2 aromatic rings. The molecule has 0 bridgehead atoms. The van der Waals surface area contributed by atoms with Gasteiger partial charge in [-0.05, 0) is 30.9 Å². The number of anilines is 1. The first-order valence-corrected chi connectivity index (χ1v) is 7.07. The van der Waals surface area contributed by atoms with Crippen LogP contribution >= 0.6 is 0 Å². The predicted octanol–water partition coefficient (Wildman–Crippen LogP) is 4.21. The Bertz CT molecular complexity index is 557. The van der Waals surface area contributed by atoms with Gasteiger partial charge in [0.25, 0.3) is 0 Å². The van der Waals surface area contributed by atoms with Gasteiger partial charge in [0.1, 0.15) is 11.6 Å². The Balaban J connectivity index is 2.23. The second kappa shape index (κ2) is 6.89. The van der Waals surface area contributed by atoms with Gasteiger partial charge in [-0.15, -0.1) is 0 Å². The molecule has 2 rings (SSSR count). The summed E-state index contributed by atoms with van der Waals surface area (Å²) < 4.78 is 5.91. The third-order valence-electron chi connectivity index (χ3n) is 3.25. The van der Waals surface area contributed by atoms with Crippen LogP contribution < -0.4 is 10.1 Å². The number of rotatable bonds is 6. The van der Waals surface area contributed by atoms with Gasteiger partial charge in [0, 0.05) is 6.54 Å². The van der Waals surface area contributed by atoms with Crippen molar-refractivity contribution in [2.24, 2.45) is 0 Å². The molecule has 0 saturated heterocycles. The Labute approximate surface area is 120 Å². The quantitative estimate of drug-likeness (QED) is 0.854. The van der Waals surface area contributed by atoms with Crippen LogP contribution in [0.15, 0.2) is 36.7 Å². The molecule has 0 fully saturated rings. The normalized spacial score (nSPS) is 11.9. The van der Waals surface area contributed by atoms with Gasteiger partial charge in [-0.3, -0.25) is 4.98 Å². The molecule has 0 amide bonds. The van der Waals surface area contributed by atoms with Gasteiger partial charge < -0.3 is 10.1 Å². The minimum absolute atomic E-state index is 0.455. The average molecular weight is 271 g/mol. The lowest BCUT2D eigenvalue weighted by Crippen LogP contribution is -2.02. The van der Waals surface area contributed by atoms with Crippen molar-refractivity contribution in [3.05, 3.63) is 42.2 Å². The zero-order chi connectivity index (χ0) is 14.4. The monoisotopic (exact) mass is 271 g/mol. The fourth-order valence-corrected chi connectivity index (χ4v) is 1.98. The second-order valence-electron chi connectivity index (χ2n) is 4.72. The summed E-state index contributed by atoms with van der Waals surface area (Å²) in [5.41, 5.74) is 1.20. The lowest BCUT2D eigenvalue weighted by molar-refractivity contribution is 0.450. The van der Waals surface area contributed by atoms with Gasteiger partial charge in [0.05, 0.1) is 12.4 Å². The van der Waals surface area contributed by atoms with Crippen molar-refractivity contribution in [3.63, 3.8) is 0 Å². The lowest BCUT2D eigenvalue weighted by Gasteiger charge is -2.15. The zero-order valence-corrected chi connectivity index (χ0v) is 12.3. The molecule has 1 unspecified atom stereocenters. The Kier molecular flexibility index (Phi) is 4.93. The van der Waals surface area contributed by atoms with Crippen LogP contribution in [0.5, 0.6) is 11.6 Å². The van der Waals surface area contributed by atoms with E-state index in [9.17, 15) is 0 Å². The third kappa shape index (κ3) is 3.47. The summed E-state index contributed by atoms with van der Waals surface area (Å²) in [5, 5.41) is 3.13. The fourth-order valence-electron chi connectivity index (χ4n) is 1.98. The highest BCUT2D eigenvalue weighted by Gasteiger charge is 2.11. The van der Waals surface area contributed by atoms with E-state index in [-0.39, 0.29) is 0 Å². The van der Waals surface area contributed by atoms with Crippen molar-refractivity contribution >= 4 is 5.82 Å². The van der Waals surface area contributed by atoms with E-state index in [1.54, 1.807) is 12.4 Å². The molecule has 0 radical (unpaired) electrons. The number of nitrogens with zero attached hydrogens (tertiary/aromatic N) is 2. The van der Waals surface area contributed by atoms with Crippen LogP contribution in [0.25, 0.3) is 0 Å². The van der Waals surface area contributed by atoms with E-state index in [1.165, 1.54) is 5.56 Å². The molecule has 1 N–H and O–H groups in total. The van der Waals surface area contributed by atoms with E-state index in [1.807, 2.05) is 25.1 Å².